The van der Waals surface area contributed by atoms with Gasteiger partial charge in [0.25, 0.3) is 0 Å². The van der Waals surface area contributed by atoms with E-state index >= 15 is 0 Å². The molecule has 0 spiro atoms. The van der Waals surface area contributed by atoms with Gasteiger partial charge in [0.2, 0.25) is 0 Å². The molecule has 0 amide bonds. The van der Waals surface area contributed by atoms with Crippen LogP contribution in [-0.4, -0.2) is 50.7 Å². The summed E-state index contributed by atoms with van der Waals surface area (Å²) in [7, 11) is 1.43. The Balaban J connectivity index is 1.75. The lowest BCUT2D eigenvalue weighted by Gasteiger charge is -2.36. The Bertz CT molecular complexity index is 499. The molecule has 2 rings (SSSR count). The number of ether oxygens (including phenoxy) is 1. The second-order valence-corrected chi connectivity index (χ2v) is 5.17. The van der Waals surface area contributed by atoms with Crippen molar-refractivity contribution in [3.8, 4) is 6.07 Å². The lowest BCUT2D eigenvalue weighted by Crippen LogP contribution is -2.46. The average Bonchev–Trinajstić information content (AvgIpc) is 2.55. The van der Waals surface area contributed by atoms with E-state index in [1.54, 1.807) is 0 Å². The van der Waals surface area contributed by atoms with Gasteiger partial charge in [-0.15, -0.1) is 0 Å². The van der Waals surface area contributed by atoms with E-state index in [9.17, 15) is 4.79 Å². The summed E-state index contributed by atoms with van der Waals surface area (Å²) < 4.78 is 4.64. The average molecular weight is 287 g/mol. The number of esters is 1. The number of piperazine rings is 1. The van der Waals surface area contributed by atoms with Crippen LogP contribution < -0.4 is 4.90 Å². The lowest BCUT2D eigenvalue weighted by atomic mass is 10.2. The Hall–Kier alpha value is -2.06. The molecule has 5 heteroatoms. The lowest BCUT2D eigenvalue weighted by molar-refractivity contribution is -0.140. The predicted octanol–water partition coefficient (Wildman–Crippen LogP) is 1.63. The minimum atomic E-state index is -0.133. The van der Waals surface area contributed by atoms with Gasteiger partial charge in [-0.2, -0.15) is 5.26 Å². The third-order valence-electron chi connectivity index (χ3n) is 3.82. The summed E-state index contributed by atoms with van der Waals surface area (Å²) in [6.45, 7) is 4.90. The number of carbonyl (C=O) groups is 1. The number of rotatable bonds is 5. The van der Waals surface area contributed by atoms with Gasteiger partial charge in [-0.05, 0) is 37.2 Å². The molecule has 0 aromatic heterocycles. The van der Waals surface area contributed by atoms with Crippen LogP contribution in [0, 0.1) is 11.3 Å². The number of carbonyl (C=O) groups excluding carboxylic acids is 1. The Labute approximate surface area is 125 Å². The fourth-order valence-corrected chi connectivity index (χ4v) is 2.53. The molecule has 0 radical (unpaired) electrons. The van der Waals surface area contributed by atoms with Gasteiger partial charge in [-0.1, -0.05) is 0 Å². The number of anilines is 1. The molecule has 1 fully saturated rings. The Kier molecular flexibility index (Phi) is 5.59. The van der Waals surface area contributed by atoms with E-state index in [0.29, 0.717) is 12.0 Å². The van der Waals surface area contributed by atoms with Crippen LogP contribution >= 0.6 is 0 Å². The van der Waals surface area contributed by atoms with Crippen molar-refractivity contribution in [1.29, 1.82) is 5.26 Å². The van der Waals surface area contributed by atoms with Gasteiger partial charge in [0, 0.05) is 38.3 Å². The molecule has 1 heterocycles. The SMILES string of the molecule is COC(=O)CCCN1CCN(c2ccc(C#N)cc2)CC1. The van der Waals surface area contributed by atoms with Gasteiger partial charge >= 0.3 is 5.97 Å². The molecule has 1 saturated heterocycles. The highest BCUT2D eigenvalue weighted by molar-refractivity contribution is 5.69. The highest BCUT2D eigenvalue weighted by Gasteiger charge is 2.17. The fraction of sp³-hybridized carbons (Fsp3) is 0.500. The topological polar surface area (TPSA) is 56.6 Å². The van der Waals surface area contributed by atoms with Crippen LogP contribution in [0.3, 0.4) is 0 Å². The normalized spacial score (nSPS) is 15.5. The Morgan fingerprint density at radius 3 is 2.48 bits per heavy atom. The summed E-state index contributed by atoms with van der Waals surface area (Å²) in [5.41, 5.74) is 1.86. The second-order valence-electron chi connectivity index (χ2n) is 5.17. The molecule has 0 N–H and O–H groups in total. The van der Waals surface area contributed by atoms with Crippen LogP contribution in [0.25, 0.3) is 0 Å². The number of nitriles is 1. The van der Waals surface area contributed by atoms with Gasteiger partial charge in [0.1, 0.15) is 0 Å². The standard InChI is InChI=1S/C16H21N3O2/c1-21-16(20)3-2-8-18-9-11-19(12-10-18)15-6-4-14(13-17)5-7-15/h4-7H,2-3,8-12H2,1H3. The molecule has 21 heavy (non-hydrogen) atoms. The maximum Gasteiger partial charge on any atom is 0.305 e. The molecule has 0 aliphatic carbocycles. The summed E-state index contributed by atoms with van der Waals surface area (Å²) in [6, 6.07) is 9.87. The van der Waals surface area contributed by atoms with E-state index < -0.39 is 0 Å². The van der Waals surface area contributed by atoms with Crippen molar-refractivity contribution in [2.75, 3.05) is 44.7 Å². The molecule has 1 aromatic rings. The molecule has 0 atom stereocenters. The quantitative estimate of drug-likeness (QED) is 0.771. The van der Waals surface area contributed by atoms with Gasteiger partial charge in [0.15, 0.2) is 0 Å². The molecule has 0 unspecified atom stereocenters. The van der Waals surface area contributed by atoms with Crippen LogP contribution in [0.15, 0.2) is 24.3 Å². The minimum Gasteiger partial charge on any atom is -0.469 e. The van der Waals surface area contributed by atoms with Crippen molar-refractivity contribution in [1.82, 2.24) is 4.90 Å². The van der Waals surface area contributed by atoms with Crippen LogP contribution in [0.5, 0.6) is 0 Å². The number of methoxy groups -OCH3 is 1. The summed E-state index contributed by atoms with van der Waals surface area (Å²) in [6.07, 6.45) is 1.34. The molecule has 112 valence electrons. The molecule has 5 nitrogen and oxygen atoms in total. The second kappa shape index (κ2) is 7.65. The fourth-order valence-electron chi connectivity index (χ4n) is 2.53. The van der Waals surface area contributed by atoms with Crippen molar-refractivity contribution in [3.05, 3.63) is 29.8 Å². The largest absolute Gasteiger partial charge is 0.469 e. The maximum atomic E-state index is 11.1. The van der Waals surface area contributed by atoms with Crippen LogP contribution in [-0.2, 0) is 9.53 Å². The number of benzene rings is 1. The van der Waals surface area contributed by atoms with E-state index in [4.69, 9.17) is 5.26 Å². The van der Waals surface area contributed by atoms with Gasteiger partial charge in [-0.25, -0.2) is 0 Å². The van der Waals surface area contributed by atoms with Crippen molar-refractivity contribution < 1.29 is 9.53 Å². The van der Waals surface area contributed by atoms with Crippen LogP contribution in [0.1, 0.15) is 18.4 Å². The highest BCUT2D eigenvalue weighted by Crippen LogP contribution is 2.17. The predicted molar refractivity (Wildman–Crippen MR) is 81.1 cm³/mol. The first-order valence-corrected chi connectivity index (χ1v) is 7.27. The zero-order valence-corrected chi connectivity index (χ0v) is 12.4. The van der Waals surface area contributed by atoms with E-state index in [1.165, 1.54) is 12.8 Å². The molecule has 0 saturated carbocycles. The molecule has 0 bridgehead atoms. The van der Waals surface area contributed by atoms with Gasteiger partial charge < -0.3 is 9.64 Å². The Morgan fingerprint density at radius 2 is 1.90 bits per heavy atom. The monoisotopic (exact) mass is 287 g/mol. The van der Waals surface area contributed by atoms with Gasteiger partial charge in [-0.3, -0.25) is 9.69 Å². The minimum absolute atomic E-state index is 0.133. The van der Waals surface area contributed by atoms with E-state index in [0.717, 1.165) is 39.1 Å². The summed E-state index contributed by atoms with van der Waals surface area (Å²) in [5.74, 6) is -0.133. The molecular formula is C16H21N3O2. The van der Waals surface area contributed by atoms with Crippen molar-refractivity contribution >= 4 is 11.7 Å². The van der Waals surface area contributed by atoms with Crippen LogP contribution in [0.2, 0.25) is 0 Å². The first-order chi connectivity index (χ1) is 10.2. The molecule has 1 aliphatic rings. The third kappa shape index (κ3) is 4.47. The van der Waals surface area contributed by atoms with Crippen molar-refractivity contribution in [2.45, 2.75) is 12.8 Å². The first-order valence-electron chi connectivity index (χ1n) is 7.27. The first kappa shape index (κ1) is 15.3. The summed E-state index contributed by atoms with van der Waals surface area (Å²) >= 11 is 0. The molecule has 1 aliphatic heterocycles. The maximum absolute atomic E-state index is 11.1. The van der Waals surface area contributed by atoms with Crippen molar-refractivity contribution in [3.63, 3.8) is 0 Å². The Morgan fingerprint density at radius 1 is 1.24 bits per heavy atom. The number of hydrogen-bond acceptors (Lipinski definition) is 5. The third-order valence-corrected chi connectivity index (χ3v) is 3.82. The summed E-state index contributed by atoms with van der Waals surface area (Å²) in [4.78, 5) is 15.8. The van der Waals surface area contributed by atoms with E-state index in [1.807, 2.05) is 24.3 Å². The smallest absolute Gasteiger partial charge is 0.305 e. The number of hydrogen-bond donors (Lipinski definition) is 0. The molecule has 1 aromatic carbocycles. The number of nitrogens with zero attached hydrogens (tertiary/aromatic N) is 3. The molecular weight excluding hydrogens is 266 g/mol. The summed E-state index contributed by atoms with van der Waals surface area (Å²) in [5, 5.41) is 8.81. The van der Waals surface area contributed by atoms with Gasteiger partial charge in [0.05, 0.1) is 18.7 Å². The van der Waals surface area contributed by atoms with E-state index in [2.05, 4.69) is 20.6 Å². The van der Waals surface area contributed by atoms with Crippen LogP contribution in [0.4, 0.5) is 5.69 Å². The highest BCUT2D eigenvalue weighted by atomic mass is 16.5. The van der Waals surface area contributed by atoms with Crippen molar-refractivity contribution in [2.24, 2.45) is 0 Å². The zero-order valence-electron chi connectivity index (χ0n) is 12.4. The zero-order chi connectivity index (χ0) is 15.1. The van der Waals surface area contributed by atoms with E-state index in [-0.39, 0.29) is 5.97 Å².